The summed E-state index contributed by atoms with van der Waals surface area (Å²) in [6.07, 6.45) is -0.0767. The van der Waals surface area contributed by atoms with E-state index >= 15 is 0 Å². The molecule has 1 aliphatic heterocycles. The van der Waals surface area contributed by atoms with Crippen molar-refractivity contribution >= 4 is 27.3 Å². The molecule has 1 fully saturated rings. The Morgan fingerprint density at radius 3 is 2.55 bits per heavy atom. The fourth-order valence-electron chi connectivity index (χ4n) is 2.31. The maximum atomic E-state index is 13.7. The van der Waals surface area contributed by atoms with Gasteiger partial charge in [-0.3, -0.25) is 4.79 Å². The van der Waals surface area contributed by atoms with Crippen LogP contribution in [-0.2, 0) is 14.8 Å². The smallest absolute Gasteiger partial charge is 0.227 e. The zero-order chi connectivity index (χ0) is 15.1. The first-order chi connectivity index (χ1) is 9.17. The van der Waals surface area contributed by atoms with E-state index in [2.05, 4.69) is 0 Å². The highest BCUT2D eigenvalue weighted by Crippen LogP contribution is 2.33. The van der Waals surface area contributed by atoms with E-state index in [-0.39, 0.29) is 30.1 Å². The predicted molar refractivity (Wildman–Crippen MR) is 69.2 cm³/mol. The van der Waals surface area contributed by atoms with Crippen LogP contribution in [0.15, 0.2) is 12.1 Å². The summed E-state index contributed by atoms with van der Waals surface area (Å²) in [5, 5.41) is 4.92. The van der Waals surface area contributed by atoms with Crippen molar-refractivity contribution in [1.82, 2.24) is 0 Å². The number of hydrogen-bond donors (Lipinski definition) is 2. The Hall–Kier alpha value is -1.74. The molecule has 1 saturated heterocycles. The van der Waals surface area contributed by atoms with Crippen LogP contribution in [0.25, 0.3) is 0 Å². The third-order valence-electron chi connectivity index (χ3n) is 3.00. The third-order valence-corrected chi connectivity index (χ3v) is 3.94. The maximum Gasteiger partial charge on any atom is 0.227 e. The summed E-state index contributed by atoms with van der Waals surface area (Å²) >= 11 is 0. The van der Waals surface area contributed by atoms with Gasteiger partial charge in [0.1, 0.15) is 11.5 Å². The topological polar surface area (TPSA) is 106 Å². The lowest BCUT2D eigenvalue weighted by Gasteiger charge is -2.19. The molecule has 0 aliphatic carbocycles. The number of nitrogen functional groups attached to an aromatic ring is 1. The number of halogens is 2. The molecule has 0 spiro atoms. The minimum atomic E-state index is -3.73. The van der Waals surface area contributed by atoms with E-state index in [9.17, 15) is 22.0 Å². The molecule has 0 bridgehead atoms. The van der Waals surface area contributed by atoms with Gasteiger partial charge >= 0.3 is 0 Å². The minimum absolute atomic E-state index is 0.0258. The molecular weight excluding hydrogens is 292 g/mol. The summed E-state index contributed by atoms with van der Waals surface area (Å²) in [4.78, 5) is 12.9. The first-order valence-electron chi connectivity index (χ1n) is 5.72. The monoisotopic (exact) mass is 305 g/mol. The predicted octanol–water partition coefficient (Wildman–Crippen LogP) is 0.188. The van der Waals surface area contributed by atoms with E-state index in [1.54, 1.807) is 0 Å². The molecule has 20 heavy (non-hydrogen) atoms. The van der Waals surface area contributed by atoms with Gasteiger partial charge in [0, 0.05) is 24.9 Å². The lowest BCUT2D eigenvalue weighted by molar-refractivity contribution is -0.117. The summed E-state index contributed by atoms with van der Waals surface area (Å²) in [6.45, 7) is -0.0258. The van der Waals surface area contributed by atoms with Crippen LogP contribution in [0.5, 0.6) is 0 Å². The van der Waals surface area contributed by atoms with Gasteiger partial charge in [0.05, 0.1) is 11.4 Å². The largest absolute Gasteiger partial charge is 0.397 e. The Morgan fingerprint density at radius 2 is 2.00 bits per heavy atom. The summed E-state index contributed by atoms with van der Waals surface area (Å²) in [6, 6.07) is 1.52. The van der Waals surface area contributed by atoms with E-state index in [1.165, 1.54) is 0 Å². The number of nitrogens with zero attached hydrogens (tertiary/aromatic N) is 1. The van der Waals surface area contributed by atoms with Gasteiger partial charge in [-0.05, 0) is 6.07 Å². The van der Waals surface area contributed by atoms with Crippen molar-refractivity contribution in [2.45, 2.75) is 6.42 Å². The van der Waals surface area contributed by atoms with Crippen LogP contribution in [0.3, 0.4) is 0 Å². The number of primary sulfonamides is 1. The van der Waals surface area contributed by atoms with Gasteiger partial charge in [-0.2, -0.15) is 0 Å². The molecule has 1 aliphatic rings. The molecule has 1 amide bonds. The third kappa shape index (κ3) is 3.05. The molecule has 1 heterocycles. The number of nitrogens with two attached hydrogens (primary N) is 2. The van der Waals surface area contributed by atoms with Gasteiger partial charge in [-0.25, -0.2) is 22.3 Å². The molecule has 1 aromatic carbocycles. The van der Waals surface area contributed by atoms with Crippen LogP contribution in [0, 0.1) is 17.6 Å². The average molecular weight is 305 g/mol. The molecule has 4 N–H and O–H groups in total. The maximum absolute atomic E-state index is 13.7. The number of sulfonamides is 1. The van der Waals surface area contributed by atoms with Gasteiger partial charge in [0.25, 0.3) is 0 Å². The van der Waals surface area contributed by atoms with Crippen LogP contribution < -0.4 is 15.8 Å². The van der Waals surface area contributed by atoms with E-state index in [0.29, 0.717) is 6.07 Å². The molecule has 0 aromatic heterocycles. The van der Waals surface area contributed by atoms with Crippen LogP contribution in [-0.4, -0.2) is 26.6 Å². The van der Waals surface area contributed by atoms with Crippen LogP contribution in [0.2, 0.25) is 0 Å². The van der Waals surface area contributed by atoms with Gasteiger partial charge in [-0.1, -0.05) is 0 Å². The highest BCUT2D eigenvalue weighted by atomic mass is 32.2. The van der Waals surface area contributed by atoms with E-state index in [4.69, 9.17) is 10.9 Å². The SMILES string of the molecule is Nc1cc(F)cc(F)c1N1CC(CS(N)(=O)=O)CC1=O. The summed E-state index contributed by atoms with van der Waals surface area (Å²) in [5.41, 5.74) is 5.08. The molecule has 0 saturated carbocycles. The standard InChI is InChI=1S/C11H13F2N3O3S/c12-7-2-8(13)11(9(14)3-7)16-4-6(1-10(16)17)5-20(15,18)19/h2-3,6H,1,4-5,14H2,(H2,15,18,19). The number of amides is 1. The van der Waals surface area contributed by atoms with Gasteiger partial charge in [-0.15, -0.1) is 0 Å². The van der Waals surface area contributed by atoms with Crippen molar-refractivity contribution in [3.63, 3.8) is 0 Å². The second-order valence-corrected chi connectivity index (χ2v) is 6.39. The first-order valence-corrected chi connectivity index (χ1v) is 7.44. The Balaban J connectivity index is 2.29. The van der Waals surface area contributed by atoms with Crippen LogP contribution in [0.1, 0.15) is 6.42 Å². The zero-order valence-electron chi connectivity index (χ0n) is 10.3. The van der Waals surface area contributed by atoms with Gasteiger partial charge < -0.3 is 10.6 Å². The van der Waals surface area contributed by atoms with Crippen molar-refractivity contribution in [2.24, 2.45) is 11.1 Å². The van der Waals surface area contributed by atoms with Gasteiger partial charge in [0.2, 0.25) is 15.9 Å². The van der Waals surface area contributed by atoms with Crippen molar-refractivity contribution in [3.8, 4) is 0 Å². The Bertz CT molecular complexity index is 640. The summed E-state index contributed by atoms with van der Waals surface area (Å²) in [7, 11) is -3.73. The normalized spacial score (nSPS) is 19.6. The Kier molecular flexibility index (Phi) is 3.65. The molecule has 6 nitrogen and oxygen atoms in total. The molecule has 110 valence electrons. The van der Waals surface area contributed by atoms with Crippen molar-refractivity contribution in [1.29, 1.82) is 0 Å². The fraction of sp³-hybridized carbons (Fsp3) is 0.364. The van der Waals surface area contributed by atoms with Crippen molar-refractivity contribution in [3.05, 3.63) is 23.8 Å². The van der Waals surface area contributed by atoms with Crippen molar-refractivity contribution in [2.75, 3.05) is 22.9 Å². The number of benzene rings is 1. The van der Waals surface area contributed by atoms with E-state index in [0.717, 1.165) is 11.0 Å². The van der Waals surface area contributed by atoms with E-state index in [1.807, 2.05) is 0 Å². The number of rotatable bonds is 3. The molecular formula is C11H13F2N3O3S. The molecule has 1 unspecified atom stereocenters. The molecule has 1 aromatic rings. The number of carbonyl (C=O) groups excluding carboxylic acids is 1. The quantitative estimate of drug-likeness (QED) is 0.777. The highest BCUT2D eigenvalue weighted by molar-refractivity contribution is 7.89. The number of carbonyl (C=O) groups is 1. The van der Waals surface area contributed by atoms with E-state index < -0.39 is 33.5 Å². The second kappa shape index (κ2) is 4.98. The van der Waals surface area contributed by atoms with Crippen LogP contribution >= 0.6 is 0 Å². The average Bonchev–Trinajstić information content (AvgIpc) is 2.55. The lowest BCUT2D eigenvalue weighted by Crippen LogP contribution is -2.28. The molecule has 1 atom stereocenters. The molecule has 9 heteroatoms. The van der Waals surface area contributed by atoms with Crippen LogP contribution in [0.4, 0.5) is 20.2 Å². The number of hydrogen-bond acceptors (Lipinski definition) is 4. The highest BCUT2D eigenvalue weighted by Gasteiger charge is 2.35. The molecule has 2 rings (SSSR count). The van der Waals surface area contributed by atoms with Gasteiger partial charge in [0.15, 0.2) is 5.82 Å². The fourth-order valence-corrected chi connectivity index (χ4v) is 3.19. The Morgan fingerprint density at radius 1 is 1.35 bits per heavy atom. The summed E-state index contributed by atoms with van der Waals surface area (Å²) in [5.74, 6) is -3.21. The zero-order valence-corrected chi connectivity index (χ0v) is 11.2. The lowest BCUT2D eigenvalue weighted by atomic mass is 10.1. The molecule has 0 radical (unpaired) electrons. The summed E-state index contributed by atoms with van der Waals surface area (Å²) < 4.78 is 48.7. The first kappa shape index (κ1) is 14.7. The minimum Gasteiger partial charge on any atom is -0.397 e. The van der Waals surface area contributed by atoms with Crippen molar-refractivity contribution < 1.29 is 22.0 Å². The number of anilines is 2. The Labute approximate surface area is 114 Å². The second-order valence-electron chi connectivity index (χ2n) is 4.73.